The Morgan fingerprint density at radius 3 is 2.55 bits per heavy atom. The molecule has 0 aromatic heterocycles. The highest BCUT2D eigenvalue weighted by atomic mass is 32.2. The molecule has 2 N–H and O–H groups in total. The number of ether oxygens (including phenoxy) is 1. The summed E-state index contributed by atoms with van der Waals surface area (Å²) in [5, 5.41) is 9.57. The first-order valence-corrected chi connectivity index (χ1v) is 8.48. The summed E-state index contributed by atoms with van der Waals surface area (Å²) < 4.78 is 35.5. The van der Waals surface area contributed by atoms with E-state index in [4.69, 9.17) is 9.39 Å². The largest absolute Gasteiger partial charge is 0.491 e. The zero-order valence-electron chi connectivity index (χ0n) is 11.8. The van der Waals surface area contributed by atoms with E-state index >= 15 is 0 Å². The van der Waals surface area contributed by atoms with Gasteiger partial charge in [-0.05, 0) is 47.4 Å². The number of hydrogen-bond acceptors (Lipinski definition) is 5. The molecule has 8 heteroatoms. The molecular formula is C14H14BNO5S. The van der Waals surface area contributed by atoms with Gasteiger partial charge in [0.05, 0.1) is 12.9 Å². The molecule has 0 saturated carbocycles. The predicted octanol–water partition coefficient (Wildman–Crippen LogP) is 1.07. The van der Waals surface area contributed by atoms with E-state index in [1.54, 1.807) is 36.4 Å². The Morgan fingerprint density at radius 2 is 1.86 bits per heavy atom. The molecule has 2 aromatic rings. The van der Waals surface area contributed by atoms with E-state index in [-0.39, 0.29) is 0 Å². The molecule has 1 aliphatic heterocycles. The fourth-order valence-corrected chi connectivity index (χ4v) is 2.78. The molecular weight excluding hydrogens is 305 g/mol. The first kappa shape index (κ1) is 14.9. The number of nitrogens with one attached hydrogen (secondary N) is 1. The van der Waals surface area contributed by atoms with Crippen LogP contribution in [0.5, 0.6) is 11.5 Å². The van der Waals surface area contributed by atoms with Gasteiger partial charge in [0.15, 0.2) is 0 Å². The van der Waals surface area contributed by atoms with Gasteiger partial charge >= 0.3 is 7.12 Å². The number of fused-ring (bicyclic) bond motifs is 1. The molecule has 0 fully saturated rings. The van der Waals surface area contributed by atoms with Gasteiger partial charge in [0.2, 0.25) is 10.0 Å². The highest BCUT2D eigenvalue weighted by molar-refractivity contribution is 7.92. The van der Waals surface area contributed by atoms with Crippen molar-refractivity contribution in [2.45, 2.75) is 6.61 Å². The lowest BCUT2D eigenvalue weighted by Gasteiger charge is -2.09. The zero-order chi connectivity index (χ0) is 15.7. The molecule has 0 unspecified atom stereocenters. The molecule has 1 aliphatic rings. The minimum atomic E-state index is -3.29. The maximum atomic E-state index is 11.1. The third-order valence-corrected chi connectivity index (χ3v) is 3.78. The molecule has 0 amide bonds. The van der Waals surface area contributed by atoms with Crippen LogP contribution < -0.4 is 14.9 Å². The molecule has 6 nitrogen and oxygen atoms in total. The van der Waals surface area contributed by atoms with Gasteiger partial charge in [-0.1, -0.05) is 6.07 Å². The van der Waals surface area contributed by atoms with Gasteiger partial charge in [-0.15, -0.1) is 0 Å². The van der Waals surface area contributed by atoms with E-state index in [0.29, 0.717) is 23.8 Å². The molecule has 0 saturated heterocycles. The summed E-state index contributed by atoms with van der Waals surface area (Å²) in [5.41, 5.74) is 2.11. The minimum Gasteiger partial charge on any atom is -0.457 e. The third-order valence-electron chi connectivity index (χ3n) is 3.17. The summed E-state index contributed by atoms with van der Waals surface area (Å²) in [6, 6.07) is 11.9. The van der Waals surface area contributed by atoms with Crippen LogP contribution in [0.1, 0.15) is 5.56 Å². The summed E-state index contributed by atoms with van der Waals surface area (Å²) in [4.78, 5) is 0. The van der Waals surface area contributed by atoms with E-state index < -0.39 is 17.1 Å². The van der Waals surface area contributed by atoms with Crippen molar-refractivity contribution in [2.24, 2.45) is 0 Å². The Kier molecular flexibility index (Phi) is 3.82. The summed E-state index contributed by atoms with van der Waals surface area (Å²) in [6.45, 7) is 0.352. The second-order valence-corrected chi connectivity index (χ2v) is 6.77. The van der Waals surface area contributed by atoms with Crippen LogP contribution in [0.25, 0.3) is 0 Å². The molecule has 3 rings (SSSR count). The third kappa shape index (κ3) is 3.41. The molecule has 22 heavy (non-hydrogen) atoms. The van der Waals surface area contributed by atoms with Crippen LogP contribution in [0.3, 0.4) is 0 Å². The lowest BCUT2D eigenvalue weighted by Crippen LogP contribution is -2.27. The molecule has 0 atom stereocenters. The maximum Gasteiger partial charge on any atom is 0.491 e. The smallest absolute Gasteiger partial charge is 0.457 e. The summed E-state index contributed by atoms with van der Waals surface area (Å²) in [5.74, 6) is 1.21. The van der Waals surface area contributed by atoms with Gasteiger partial charge in [-0.2, -0.15) is 0 Å². The van der Waals surface area contributed by atoms with E-state index in [1.807, 2.05) is 6.07 Å². The SMILES string of the molecule is CS(=O)(=O)Nc1ccc(Oc2ccc3c(c2)COB3O)cc1. The van der Waals surface area contributed by atoms with Gasteiger partial charge in [0.1, 0.15) is 11.5 Å². The Bertz CT molecular complexity index is 791. The van der Waals surface area contributed by atoms with Crippen LogP contribution in [0.4, 0.5) is 5.69 Å². The average molecular weight is 319 g/mol. The van der Waals surface area contributed by atoms with E-state index in [0.717, 1.165) is 17.3 Å². The van der Waals surface area contributed by atoms with Crippen molar-refractivity contribution in [3.05, 3.63) is 48.0 Å². The summed E-state index contributed by atoms with van der Waals surface area (Å²) >= 11 is 0. The number of anilines is 1. The molecule has 2 aromatic carbocycles. The molecule has 0 aliphatic carbocycles. The molecule has 1 heterocycles. The molecule has 0 bridgehead atoms. The van der Waals surface area contributed by atoms with Gasteiger partial charge in [-0.3, -0.25) is 4.72 Å². The normalized spacial score (nSPS) is 13.8. The van der Waals surface area contributed by atoms with E-state index in [1.165, 1.54) is 0 Å². The standard InChI is InChI=1S/C14H14BNO5S/c1-22(18,19)16-11-2-4-12(5-3-11)21-13-6-7-14-10(8-13)9-20-15(14)17/h2-8,16-17H,9H2,1H3. The van der Waals surface area contributed by atoms with Crippen molar-refractivity contribution in [2.75, 3.05) is 11.0 Å². The Labute approximate surface area is 128 Å². The first-order chi connectivity index (χ1) is 10.4. The van der Waals surface area contributed by atoms with Crippen molar-refractivity contribution in [1.82, 2.24) is 0 Å². The first-order valence-electron chi connectivity index (χ1n) is 6.59. The number of sulfonamides is 1. The van der Waals surface area contributed by atoms with Crippen LogP contribution in [0.2, 0.25) is 0 Å². The van der Waals surface area contributed by atoms with Crippen molar-refractivity contribution in [1.29, 1.82) is 0 Å². The number of rotatable bonds is 4. The summed E-state index contributed by atoms with van der Waals surface area (Å²) in [7, 11) is -4.16. The quantitative estimate of drug-likeness (QED) is 0.824. The average Bonchev–Trinajstić information content (AvgIpc) is 2.81. The highest BCUT2D eigenvalue weighted by Crippen LogP contribution is 2.25. The second kappa shape index (κ2) is 5.64. The topological polar surface area (TPSA) is 84.9 Å². The fraction of sp³-hybridized carbons (Fsp3) is 0.143. The predicted molar refractivity (Wildman–Crippen MR) is 83.8 cm³/mol. The van der Waals surface area contributed by atoms with Gasteiger partial charge in [0, 0.05) is 5.69 Å². The minimum absolute atomic E-state index is 0.352. The fourth-order valence-electron chi connectivity index (χ4n) is 2.21. The summed E-state index contributed by atoms with van der Waals surface area (Å²) in [6.07, 6.45) is 1.10. The van der Waals surface area contributed by atoms with Gasteiger partial charge < -0.3 is 14.4 Å². The van der Waals surface area contributed by atoms with Crippen molar-refractivity contribution in [3.63, 3.8) is 0 Å². The van der Waals surface area contributed by atoms with Gasteiger partial charge in [-0.25, -0.2) is 8.42 Å². The van der Waals surface area contributed by atoms with Gasteiger partial charge in [0.25, 0.3) is 0 Å². The molecule has 0 radical (unpaired) electrons. The van der Waals surface area contributed by atoms with E-state index in [9.17, 15) is 13.4 Å². The van der Waals surface area contributed by atoms with E-state index in [2.05, 4.69) is 4.72 Å². The van der Waals surface area contributed by atoms with Crippen LogP contribution >= 0.6 is 0 Å². The van der Waals surface area contributed by atoms with Crippen LogP contribution in [0, 0.1) is 0 Å². The number of hydrogen-bond donors (Lipinski definition) is 2. The van der Waals surface area contributed by atoms with Crippen molar-refractivity contribution in [3.8, 4) is 11.5 Å². The Morgan fingerprint density at radius 1 is 1.18 bits per heavy atom. The van der Waals surface area contributed by atoms with Crippen LogP contribution in [-0.2, 0) is 21.3 Å². The monoisotopic (exact) mass is 319 g/mol. The van der Waals surface area contributed by atoms with Crippen molar-refractivity contribution >= 4 is 28.3 Å². The second-order valence-electron chi connectivity index (χ2n) is 5.02. The molecule has 0 spiro atoms. The highest BCUT2D eigenvalue weighted by Gasteiger charge is 2.27. The zero-order valence-corrected chi connectivity index (χ0v) is 12.6. The Balaban J connectivity index is 1.74. The lowest BCUT2D eigenvalue weighted by molar-refractivity contribution is 0.275. The van der Waals surface area contributed by atoms with Crippen LogP contribution in [0.15, 0.2) is 42.5 Å². The lowest BCUT2D eigenvalue weighted by atomic mass is 9.80. The Hall–Kier alpha value is -2.03. The van der Waals surface area contributed by atoms with Crippen molar-refractivity contribution < 1.29 is 22.8 Å². The molecule has 114 valence electrons. The number of benzene rings is 2. The maximum absolute atomic E-state index is 11.1. The van der Waals surface area contributed by atoms with Crippen LogP contribution in [-0.4, -0.2) is 26.8 Å².